The molecule has 2 heteroatoms. The van der Waals surface area contributed by atoms with Crippen LogP contribution in [-0.2, 0) is 6.42 Å². The predicted octanol–water partition coefficient (Wildman–Crippen LogP) is 3.32. The lowest BCUT2D eigenvalue weighted by molar-refractivity contribution is 0.123. The maximum atomic E-state index is 5.80. The summed E-state index contributed by atoms with van der Waals surface area (Å²) >= 11 is 0. The molecule has 0 aliphatic carbocycles. The maximum absolute atomic E-state index is 5.80. The van der Waals surface area contributed by atoms with Crippen LogP contribution in [0, 0.1) is 5.92 Å². The van der Waals surface area contributed by atoms with Crippen molar-refractivity contribution < 1.29 is 0 Å². The van der Waals surface area contributed by atoms with Crippen molar-refractivity contribution in [3.05, 3.63) is 29.8 Å². The number of nitrogen functional groups attached to an aromatic ring is 1. The van der Waals surface area contributed by atoms with Gasteiger partial charge in [-0.15, -0.1) is 0 Å². The summed E-state index contributed by atoms with van der Waals surface area (Å²) in [7, 11) is 0. The predicted molar refractivity (Wildman–Crippen MR) is 78.6 cm³/mol. The molecule has 1 fully saturated rings. The van der Waals surface area contributed by atoms with Crippen LogP contribution >= 0.6 is 0 Å². The minimum atomic E-state index is 0.766. The zero-order valence-electron chi connectivity index (χ0n) is 11.7. The number of nitrogens with zero attached hydrogens (tertiary/aromatic N) is 1. The molecule has 0 spiro atoms. The normalized spacial score (nSPS) is 25.2. The second-order valence-corrected chi connectivity index (χ2v) is 5.88. The highest BCUT2D eigenvalue weighted by molar-refractivity contribution is 5.40. The maximum Gasteiger partial charge on any atom is 0.0316 e. The van der Waals surface area contributed by atoms with Crippen LogP contribution in [0.15, 0.2) is 24.3 Å². The van der Waals surface area contributed by atoms with E-state index in [1.807, 2.05) is 6.07 Å². The molecule has 0 saturated carbocycles. The van der Waals surface area contributed by atoms with Gasteiger partial charge in [0.15, 0.2) is 0 Å². The van der Waals surface area contributed by atoms with Gasteiger partial charge >= 0.3 is 0 Å². The van der Waals surface area contributed by atoms with E-state index >= 15 is 0 Å². The average Bonchev–Trinajstić information content (AvgIpc) is 2.34. The Morgan fingerprint density at radius 1 is 1.28 bits per heavy atom. The van der Waals surface area contributed by atoms with E-state index in [1.54, 1.807) is 0 Å². The van der Waals surface area contributed by atoms with E-state index in [4.69, 9.17) is 5.73 Å². The van der Waals surface area contributed by atoms with Crippen molar-refractivity contribution in [3.8, 4) is 0 Å². The van der Waals surface area contributed by atoms with Crippen molar-refractivity contribution in [1.82, 2.24) is 4.90 Å². The molecule has 0 amide bonds. The number of benzene rings is 1. The van der Waals surface area contributed by atoms with Gasteiger partial charge in [0.05, 0.1) is 0 Å². The van der Waals surface area contributed by atoms with E-state index in [-0.39, 0.29) is 0 Å². The molecule has 1 heterocycles. The standard InChI is InChI=1S/C16H26N2/c1-13-8-9-14(2)18(12-13)10-4-6-15-5-3-7-16(17)11-15/h3,5,7,11,13-14H,4,6,8-10,12,17H2,1-2H3. The summed E-state index contributed by atoms with van der Waals surface area (Å²) in [6.07, 6.45) is 5.13. The van der Waals surface area contributed by atoms with Gasteiger partial charge in [-0.2, -0.15) is 0 Å². The number of rotatable bonds is 4. The second kappa shape index (κ2) is 6.24. The van der Waals surface area contributed by atoms with Gasteiger partial charge < -0.3 is 10.6 Å². The number of aryl methyl sites for hydroxylation is 1. The third-order valence-electron chi connectivity index (χ3n) is 4.11. The molecule has 2 atom stereocenters. The molecule has 2 rings (SSSR count). The first-order valence-corrected chi connectivity index (χ1v) is 7.23. The molecule has 2 N–H and O–H groups in total. The molecule has 100 valence electrons. The lowest BCUT2D eigenvalue weighted by atomic mass is 9.94. The quantitative estimate of drug-likeness (QED) is 0.826. The van der Waals surface area contributed by atoms with Crippen molar-refractivity contribution >= 4 is 5.69 Å². The van der Waals surface area contributed by atoms with Crippen molar-refractivity contribution in [2.24, 2.45) is 5.92 Å². The third kappa shape index (κ3) is 3.74. The van der Waals surface area contributed by atoms with Gasteiger partial charge in [0.1, 0.15) is 0 Å². The number of likely N-dealkylation sites (tertiary alicyclic amines) is 1. The Hall–Kier alpha value is -1.02. The van der Waals surface area contributed by atoms with Crippen LogP contribution in [0.1, 0.15) is 38.7 Å². The molecule has 0 radical (unpaired) electrons. The van der Waals surface area contributed by atoms with E-state index in [1.165, 1.54) is 37.9 Å². The van der Waals surface area contributed by atoms with E-state index < -0.39 is 0 Å². The number of hydrogen-bond acceptors (Lipinski definition) is 2. The fourth-order valence-corrected chi connectivity index (χ4v) is 2.93. The van der Waals surface area contributed by atoms with Gasteiger partial charge in [-0.3, -0.25) is 0 Å². The van der Waals surface area contributed by atoms with Crippen LogP contribution in [0.3, 0.4) is 0 Å². The van der Waals surface area contributed by atoms with Crippen LogP contribution in [0.2, 0.25) is 0 Å². The lowest BCUT2D eigenvalue weighted by Gasteiger charge is -2.36. The highest BCUT2D eigenvalue weighted by Gasteiger charge is 2.21. The summed E-state index contributed by atoms with van der Waals surface area (Å²) in [4.78, 5) is 2.65. The first-order valence-electron chi connectivity index (χ1n) is 7.23. The van der Waals surface area contributed by atoms with E-state index in [9.17, 15) is 0 Å². The fourth-order valence-electron chi connectivity index (χ4n) is 2.93. The molecule has 0 bridgehead atoms. The molecule has 18 heavy (non-hydrogen) atoms. The van der Waals surface area contributed by atoms with Crippen LogP contribution in [0.5, 0.6) is 0 Å². The van der Waals surface area contributed by atoms with Gasteiger partial charge in [-0.25, -0.2) is 0 Å². The number of hydrogen-bond donors (Lipinski definition) is 1. The summed E-state index contributed by atoms with van der Waals surface area (Å²) in [6, 6.07) is 9.05. The van der Waals surface area contributed by atoms with Gasteiger partial charge in [-0.1, -0.05) is 19.1 Å². The molecule has 2 unspecified atom stereocenters. The van der Waals surface area contributed by atoms with Gasteiger partial charge in [0.25, 0.3) is 0 Å². The van der Waals surface area contributed by atoms with Crippen molar-refractivity contribution in [1.29, 1.82) is 0 Å². The smallest absolute Gasteiger partial charge is 0.0316 e. The van der Waals surface area contributed by atoms with Crippen LogP contribution in [-0.4, -0.2) is 24.0 Å². The number of anilines is 1. The molecule has 1 aromatic rings. The third-order valence-corrected chi connectivity index (χ3v) is 4.11. The molecular weight excluding hydrogens is 220 g/mol. The summed E-state index contributed by atoms with van der Waals surface area (Å²) in [6.45, 7) is 7.24. The Labute approximate surface area is 111 Å². The SMILES string of the molecule is CC1CCC(C)N(CCCc2cccc(N)c2)C1. The molecule has 1 saturated heterocycles. The van der Waals surface area contributed by atoms with Gasteiger partial charge in [-0.05, 0) is 62.8 Å². The molecule has 2 nitrogen and oxygen atoms in total. The fraction of sp³-hybridized carbons (Fsp3) is 0.625. The average molecular weight is 246 g/mol. The summed E-state index contributed by atoms with van der Waals surface area (Å²) < 4.78 is 0. The first kappa shape index (κ1) is 13.4. The largest absolute Gasteiger partial charge is 0.399 e. The molecule has 1 aliphatic rings. The van der Waals surface area contributed by atoms with Crippen LogP contribution in [0.25, 0.3) is 0 Å². The summed E-state index contributed by atoms with van der Waals surface area (Å²) in [5, 5.41) is 0. The highest BCUT2D eigenvalue weighted by atomic mass is 15.2. The van der Waals surface area contributed by atoms with Gasteiger partial charge in [0.2, 0.25) is 0 Å². The molecule has 0 aromatic heterocycles. The number of piperidine rings is 1. The van der Waals surface area contributed by atoms with E-state index in [0.29, 0.717) is 0 Å². The summed E-state index contributed by atoms with van der Waals surface area (Å²) in [5.74, 6) is 0.869. The zero-order valence-corrected chi connectivity index (χ0v) is 11.7. The Balaban J connectivity index is 1.77. The van der Waals surface area contributed by atoms with E-state index in [2.05, 4.69) is 36.9 Å². The van der Waals surface area contributed by atoms with Gasteiger partial charge in [0, 0.05) is 18.3 Å². The summed E-state index contributed by atoms with van der Waals surface area (Å²) in [5.41, 5.74) is 8.05. The van der Waals surface area contributed by atoms with Crippen molar-refractivity contribution in [3.63, 3.8) is 0 Å². The Morgan fingerprint density at radius 3 is 2.89 bits per heavy atom. The topological polar surface area (TPSA) is 29.3 Å². The van der Waals surface area contributed by atoms with Crippen molar-refractivity contribution in [2.45, 2.75) is 45.6 Å². The second-order valence-electron chi connectivity index (χ2n) is 5.88. The minimum Gasteiger partial charge on any atom is -0.399 e. The Bertz CT molecular complexity index is 375. The lowest BCUT2D eigenvalue weighted by Crippen LogP contribution is -2.41. The molecule has 1 aliphatic heterocycles. The highest BCUT2D eigenvalue weighted by Crippen LogP contribution is 2.21. The zero-order chi connectivity index (χ0) is 13.0. The van der Waals surface area contributed by atoms with E-state index in [0.717, 1.165) is 24.1 Å². The molecule has 1 aromatic carbocycles. The van der Waals surface area contributed by atoms with Crippen molar-refractivity contribution in [2.75, 3.05) is 18.8 Å². The van der Waals surface area contributed by atoms with Crippen LogP contribution < -0.4 is 5.73 Å². The first-order chi connectivity index (χ1) is 8.65. The monoisotopic (exact) mass is 246 g/mol. The Kier molecular flexibility index (Phi) is 4.65. The number of nitrogens with two attached hydrogens (primary N) is 1. The van der Waals surface area contributed by atoms with Crippen LogP contribution in [0.4, 0.5) is 5.69 Å². The Morgan fingerprint density at radius 2 is 2.11 bits per heavy atom. The molecular formula is C16H26N2. The minimum absolute atomic E-state index is 0.766.